The lowest BCUT2D eigenvalue weighted by atomic mass is 9.97. The van der Waals surface area contributed by atoms with Crippen molar-refractivity contribution < 1.29 is 4.74 Å². The maximum Gasteiger partial charge on any atom is 0.191 e. The lowest BCUT2D eigenvalue weighted by molar-refractivity contribution is 0.140. The van der Waals surface area contributed by atoms with E-state index in [4.69, 9.17) is 4.74 Å². The topological polar surface area (TPSA) is 60.9 Å². The average molecular weight is 444 g/mol. The van der Waals surface area contributed by atoms with Crippen LogP contribution in [0.25, 0.3) is 0 Å². The molecule has 2 aromatic rings. The molecule has 0 aliphatic carbocycles. The minimum Gasteiger partial charge on any atom is -0.383 e. The van der Waals surface area contributed by atoms with Gasteiger partial charge in [-0.05, 0) is 61.0 Å². The van der Waals surface area contributed by atoms with Crippen molar-refractivity contribution in [3.05, 3.63) is 52.2 Å². The summed E-state index contributed by atoms with van der Waals surface area (Å²) in [5.41, 5.74) is 2.33. The van der Waals surface area contributed by atoms with Gasteiger partial charge in [0.1, 0.15) is 0 Å². The van der Waals surface area contributed by atoms with Gasteiger partial charge in [0.05, 0.1) is 12.6 Å². The van der Waals surface area contributed by atoms with Crippen molar-refractivity contribution in [2.24, 2.45) is 10.9 Å². The van der Waals surface area contributed by atoms with Gasteiger partial charge in [0, 0.05) is 44.4 Å². The summed E-state index contributed by atoms with van der Waals surface area (Å²) in [6.07, 6.45) is 2.57. The second-order valence-electron chi connectivity index (χ2n) is 8.17. The van der Waals surface area contributed by atoms with Crippen molar-refractivity contribution >= 4 is 23.0 Å². The van der Waals surface area contributed by atoms with Gasteiger partial charge in [0.2, 0.25) is 0 Å². The highest BCUT2D eigenvalue weighted by molar-refractivity contribution is 7.10. The van der Waals surface area contributed by atoms with Crippen LogP contribution in [0.2, 0.25) is 0 Å². The molecule has 0 bridgehead atoms. The second-order valence-corrected chi connectivity index (χ2v) is 9.15. The van der Waals surface area contributed by atoms with E-state index in [9.17, 15) is 0 Å². The van der Waals surface area contributed by atoms with Gasteiger partial charge in [0.15, 0.2) is 5.96 Å². The van der Waals surface area contributed by atoms with Gasteiger partial charge in [0.25, 0.3) is 0 Å². The number of rotatable bonds is 10. The van der Waals surface area contributed by atoms with Gasteiger partial charge < -0.3 is 20.7 Å². The van der Waals surface area contributed by atoms with Crippen LogP contribution in [0.3, 0.4) is 0 Å². The number of likely N-dealkylation sites (tertiary alicyclic amines) is 1. The number of hydrogen-bond acceptors (Lipinski definition) is 5. The Labute approximate surface area is 191 Å². The van der Waals surface area contributed by atoms with Crippen LogP contribution >= 0.6 is 11.3 Å². The third-order valence-electron chi connectivity index (χ3n) is 5.87. The number of piperidine rings is 1. The number of nitrogens with one attached hydrogen (secondary N) is 3. The van der Waals surface area contributed by atoms with E-state index in [1.807, 2.05) is 18.4 Å². The SMILES string of the molecule is CN=C(NCc1ccc(NCCOC)cc1)NCC(c1cccs1)N1CCC(C)CC1. The van der Waals surface area contributed by atoms with Crippen molar-refractivity contribution in [2.45, 2.75) is 32.4 Å². The molecule has 1 atom stereocenters. The molecule has 170 valence electrons. The van der Waals surface area contributed by atoms with Crippen LogP contribution in [0.4, 0.5) is 5.69 Å². The number of thiophene rings is 1. The fourth-order valence-corrected chi connectivity index (χ4v) is 4.73. The monoisotopic (exact) mass is 443 g/mol. The van der Waals surface area contributed by atoms with E-state index in [1.54, 1.807) is 7.11 Å². The molecule has 3 rings (SSSR count). The maximum atomic E-state index is 5.08. The van der Waals surface area contributed by atoms with E-state index >= 15 is 0 Å². The minimum atomic E-state index is 0.392. The van der Waals surface area contributed by atoms with Crippen molar-refractivity contribution in [2.75, 3.05) is 52.3 Å². The van der Waals surface area contributed by atoms with Crippen molar-refractivity contribution in [1.29, 1.82) is 0 Å². The van der Waals surface area contributed by atoms with E-state index in [0.717, 1.165) is 37.2 Å². The molecular weight excluding hydrogens is 406 g/mol. The number of hydrogen-bond donors (Lipinski definition) is 3. The number of benzene rings is 1. The fourth-order valence-electron chi connectivity index (χ4n) is 3.87. The molecule has 1 fully saturated rings. The highest BCUT2D eigenvalue weighted by atomic mass is 32.1. The molecule has 3 N–H and O–H groups in total. The molecule has 1 aromatic heterocycles. The van der Waals surface area contributed by atoms with Gasteiger partial charge in [-0.25, -0.2) is 0 Å². The van der Waals surface area contributed by atoms with Crippen LogP contribution < -0.4 is 16.0 Å². The average Bonchev–Trinajstić information content (AvgIpc) is 3.33. The predicted octanol–water partition coefficient (Wildman–Crippen LogP) is 3.94. The molecule has 0 spiro atoms. The summed E-state index contributed by atoms with van der Waals surface area (Å²) < 4.78 is 5.08. The molecule has 1 aliphatic heterocycles. The molecule has 6 nitrogen and oxygen atoms in total. The first-order chi connectivity index (χ1) is 15.2. The van der Waals surface area contributed by atoms with E-state index in [-0.39, 0.29) is 0 Å². The number of nitrogens with zero attached hydrogens (tertiary/aromatic N) is 2. The Balaban J connectivity index is 1.50. The summed E-state index contributed by atoms with van der Waals surface area (Å²) in [5.74, 6) is 1.68. The number of ether oxygens (including phenoxy) is 1. The van der Waals surface area contributed by atoms with E-state index in [0.29, 0.717) is 12.6 Å². The summed E-state index contributed by atoms with van der Waals surface area (Å²) in [4.78, 5) is 8.49. The van der Waals surface area contributed by atoms with Crippen molar-refractivity contribution in [3.8, 4) is 0 Å². The van der Waals surface area contributed by atoms with E-state index in [1.165, 1.54) is 36.4 Å². The van der Waals surface area contributed by atoms with E-state index < -0.39 is 0 Å². The van der Waals surface area contributed by atoms with Crippen LogP contribution in [0.15, 0.2) is 46.8 Å². The van der Waals surface area contributed by atoms with Crippen LogP contribution in [-0.4, -0.2) is 57.8 Å². The molecule has 1 saturated heterocycles. The number of methoxy groups -OCH3 is 1. The predicted molar refractivity (Wildman–Crippen MR) is 132 cm³/mol. The molecule has 0 amide bonds. The van der Waals surface area contributed by atoms with Crippen LogP contribution in [0.1, 0.15) is 36.2 Å². The van der Waals surface area contributed by atoms with E-state index in [2.05, 4.69) is 74.5 Å². The molecule has 2 heterocycles. The maximum absolute atomic E-state index is 5.08. The third kappa shape index (κ3) is 7.52. The zero-order chi connectivity index (χ0) is 21.9. The molecule has 0 radical (unpaired) electrons. The first-order valence-corrected chi connectivity index (χ1v) is 12.1. The summed E-state index contributed by atoms with van der Waals surface area (Å²) in [6.45, 7) is 7.81. The van der Waals surface area contributed by atoms with Gasteiger partial charge >= 0.3 is 0 Å². The second kappa shape index (κ2) is 12.7. The Kier molecular flexibility index (Phi) is 9.65. The van der Waals surface area contributed by atoms with Crippen molar-refractivity contribution in [3.63, 3.8) is 0 Å². The number of guanidine groups is 1. The molecule has 1 aliphatic rings. The first-order valence-electron chi connectivity index (χ1n) is 11.2. The van der Waals surface area contributed by atoms with Crippen LogP contribution in [-0.2, 0) is 11.3 Å². The molecule has 0 saturated carbocycles. The minimum absolute atomic E-state index is 0.392. The molecule has 1 aromatic carbocycles. The normalized spacial score (nSPS) is 16.8. The summed E-state index contributed by atoms with van der Waals surface area (Å²) in [5, 5.41) is 12.5. The number of aliphatic imine (C=N–C) groups is 1. The standard InChI is InChI=1S/C24H37N5OS/c1-19-10-13-29(14-11-19)22(23-5-4-16-31-23)18-28-24(25-2)27-17-20-6-8-21(9-7-20)26-12-15-30-3/h4-9,16,19,22,26H,10-15,17-18H2,1-3H3,(H2,25,27,28). The third-order valence-corrected chi connectivity index (χ3v) is 6.84. The highest BCUT2D eigenvalue weighted by Crippen LogP contribution is 2.29. The first kappa shape index (κ1) is 23.6. The van der Waals surface area contributed by atoms with Gasteiger partial charge in [-0.15, -0.1) is 11.3 Å². The Morgan fingerprint density at radius 2 is 1.97 bits per heavy atom. The lowest BCUT2D eigenvalue weighted by Crippen LogP contribution is -2.44. The van der Waals surface area contributed by atoms with Crippen molar-refractivity contribution in [1.82, 2.24) is 15.5 Å². The Hall–Kier alpha value is -2.09. The molecule has 1 unspecified atom stereocenters. The van der Waals surface area contributed by atoms with Gasteiger partial charge in [-0.3, -0.25) is 9.89 Å². The Morgan fingerprint density at radius 1 is 1.19 bits per heavy atom. The summed E-state index contributed by atoms with van der Waals surface area (Å²) in [6, 6.07) is 13.3. The Morgan fingerprint density at radius 3 is 2.61 bits per heavy atom. The quantitative estimate of drug-likeness (QED) is 0.295. The van der Waals surface area contributed by atoms with Crippen LogP contribution in [0, 0.1) is 5.92 Å². The van der Waals surface area contributed by atoms with Gasteiger partial charge in [-0.1, -0.05) is 25.1 Å². The van der Waals surface area contributed by atoms with Gasteiger partial charge in [-0.2, -0.15) is 0 Å². The molecule has 31 heavy (non-hydrogen) atoms. The molecule has 7 heteroatoms. The zero-order valence-corrected chi connectivity index (χ0v) is 19.9. The lowest BCUT2D eigenvalue weighted by Gasteiger charge is -2.36. The highest BCUT2D eigenvalue weighted by Gasteiger charge is 2.25. The number of anilines is 1. The molecular formula is C24H37N5OS. The summed E-state index contributed by atoms with van der Waals surface area (Å²) in [7, 11) is 3.55. The smallest absolute Gasteiger partial charge is 0.191 e. The Bertz CT molecular complexity index is 770. The zero-order valence-electron chi connectivity index (χ0n) is 19.1. The largest absolute Gasteiger partial charge is 0.383 e. The summed E-state index contributed by atoms with van der Waals surface area (Å²) >= 11 is 1.85. The fraction of sp³-hybridized carbons (Fsp3) is 0.542. The van der Waals surface area contributed by atoms with Crippen LogP contribution in [0.5, 0.6) is 0 Å².